The summed E-state index contributed by atoms with van der Waals surface area (Å²) in [4.78, 5) is 8.35. The third-order valence-electron chi connectivity index (χ3n) is 2.91. The van der Waals surface area contributed by atoms with Crippen molar-refractivity contribution < 1.29 is 5.02 Å². The first kappa shape index (κ1) is 11.0. The molecule has 0 aliphatic carbocycles. The summed E-state index contributed by atoms with van der Waals surface area (Å²) in [7, 11) is 1.10. The number of pyridine rings is 1. The van der Waals surface area contributed by atoms with Crippen molar-refractivity contribution in [2.24, 2.45) is 0 Å². The lowest BCUT2D eigenvalue weighted by molar-refractivity contribution is 0.615. The van der Waals surface area contributed by atoms with Crippen LogP contribution in [-0.2, 0) is 6.54 Å². The molecule has 87 valence electrons. The molecule has 4 nitrogen and oxygen atoms in total. The zero-order valence-electron chi connectivity index (χ0n) is 9.69. The number of nitrogens with zero attached hydrogens (tertiary/aromatic N) is 3. The molecule has 0 aliphatic heterocycles. The molecule has 0 fully saturated rings. The maximum Gasteiger partial charge on any atom is 0.326 e. The van der Waals surface area contributed by atoms with Crippen molar-refractivity contribution in [3.63, 3.8) is 0 Å². The van der Waals surface area contributed by atoms with Crippen molar-refractivity contribution in [2.45, 2.75) is 6.54 Å². The van der Waals surface area contributed by atoms with Gasteiger partial charge in [0.25, 0.3) is 0 Å². The summed E-state index contributed by atoms with van der Waals surface area (Å²) in [6.07, 6.45) is 5.35. The van der Waals surface area contributed by atoms with Crippen molar-refractivity contribution in [1.29, 1.82) is 0 Å². The van der Waals surface area contributed by atoms with Gasteiger partial charge in [-0.3, -0.25) is 4.98 Å². The topological polar surface area (TPSA) is 50.9 Å². The quantitative estimate of drug-likeness (QED) is 0.681. The van der Waals surface area contributed by atoms with Crippen LogP contribution < -0.4 is 5.46 Å². The maximum atomic E-state index is 8.88. The van der Waals surface area contributed by atoms with Crippen LogP contribution in [0.4, 0.5) is 0 Å². The number of imidazole rings is 1. The van der Waals surface area contributed by atoms with E-state index in [-0.39, 0.29) is 0 Å². The average molecular weight is 236 g/mol. The van der Waals surface area contributed by atoms with Crippen LogP contribution in [0, 0.1) is 0 Å². The van der Waals surface area contributed by atoms with E-state index in [1.807, 2.05) is 36.7 Å². The van der Waals surface area contributed by atoms with Gasteiger partial charge in [0.2, 0.25) is 0 Å². The molecule has 5 heteroatoms. The highest BCUT2D eigenvalue weighted by molar-refractivity contribution is 6.45. The van der Waals surface area contributed by atoms with Crippen molar-refractivity contribution >= 4 is 24.0 Å². The normalized spacial score (nSPS) is 10.7. The lowest BCUT2D eigenvalue weighted by atomic mass is 9.88. The molecule has 3 rings (SSSR count). The van der Waals surface area contributed by atoms with E-state index in [0.29, 0.717) is 0 Å². The highest BCUT2D eigenvalue weighted by atomic mass is 16.2. The molecule has 0 aliphatic rings. The van der Waals surface area contributed by atoms with Gasteiger partial charge in [0, 0.05) is 12.7 Å². The Balaban J connectivity index is 1.91. The van der Waals surface area contributed by atoms with Crippen LogP contribution in [0.1, 0.15) is 5.56 Å². The van der Waals surface area contributed by atoms with Gasteiger partial charge in [0.15, 0.2) is 0 Å². The number of hydrogen-bond donors (Lipinski definition) is 1. The average Bonchev–Trinajstić information content (AvgIpc) is 2.83. The van der Waals surface area contributed by atoms with Gasteiger partial charge in [-0.25, -0.2) is 4.98 Å². The number of benzene rings is 1. The van der Waals surface area contributed by atoms with Crippen LogP contribution in [0.2, 0.25) is 0 Å². The zero-order chi connectivity index (χ0) is 12.4. The summed E-state index contributed by atoms with van der Waals surface area (Å²) in [5, 5.41) is 8.88. The Kier molecular flexibility index (Phi) is 2.82. The predicted octanol–water partition coefficient (Wildman–Crippen LogP) is 0.716. The minimum Gasteiger partial charge on any atom is -0.450 e. The second-order valence-electron chi connectivity index (χ2n) is 4.11. The summed E-state index contributed by atoms with van der Waals surface area (Å²) in [5.74, 6) is 0. The first-order valence-electron chi connectivity index (χ1n) is 5.68. The summed E-state index contributed by atoms with van der Waals surface area (Å²) in [6, 6.07) is 9.72. The van der Waals surface area contributed by atoms with Crippen molar-refractivity contribution in [3.8, 4) is 0 Å². The second kappa shape index (κ2) is 4.62. The van der Waals surface area contributed by atoms with Crippen LogP contribution in [0.3, 0.4) is 0 Å². The van der Waals surface area contributed by atoms with E-state index >= 15 is 0 Å². The molecule has 2 heterocycles. The minimum atomic E-state index is 0.756. The molecule has 0 spiro atoms. The smallest absolute Gasteiger partial charge is 0.326 e. The Morgan fingerprint density at radius 1 is 1.17 bits per heavy atom. The van der Waals surface area contributed by atoms with Crippen molar-refractivity contribution in [3.05, 3.63) is 54.6 Å². The zero-order valence-corrected chi connectivity index (χ0v) is 9.69. The lowest BCUT2D eigenvalue weighted by Crippen LogP contribution is -2.12. The third kappa shape index (κ3) is 2.00. The maximum absolute atomic E-state index is 8.88. The van der Waals surface area contributed by atoms with Crippen LogP contribution in [0.5, 0.6) is 0 Å². The number of hydrogen-bond acceptors (Lipinski definition) is 3. The number of fused-ring (bicyclic) bond motifs is 1. The third-order valence-corrected chi connectivity index (χ3v) is 2.91. The van der Waals surface area contributed by atoms with Gasteiger partial charge in [-0.15, -0.1) is 0 Å². The Morgan fingerprint density at radius 3 is 2.78 bits per heavy atom. The molecular weight excluding hydrogens is 225 g/mol. The first-order chi connectivity index (χ1) is 8.86. The molecule has 0 unspecified atom stereocenters. The van der Waals surface area contributed by atoms with E-state index < -0.39 is 0 Å². The summed E-state index contributed by atoms with van der Waals surface area (Å²) >= 11 is 0. The van der Waals surface area contributed by atoms with Crippen LogP contribution in [-0.4, -0.2) is 27.0 Å². The van der Waals surface area contributed by atoms with Gasteiger partial charge in [0.1, 0.15) is 5.52 Å². The second-order valence-corrected chi connectivity index (χ2v) is 4.11. The molecule has 0 bridgehead atoms. The molecule has 0 saturated heterocycles. The molecule has 1 radical (unpaired) electrons. The largest absolute Gasteiger partial charge is 0.450 e. The van der Waals surface area contributed by atoms with E-state index in [2.05, 4.69) is 14.5 Å². The van der Waals surface area contributed by atoms with Gasteiger partial charge in [-0.1, -0.05) is 29.7 Å². The SMILES string of the molecule is O[B]c1ccc(Cn2cnc3cnccc32)cc1. The van der Waals surface area contributed by atoms with E-state index in [1.165, 1.54) is 0 Å². The van der Waals surface area contributed by atoms with Gasteiger partial charge in [-0.05, 0) is 11.6 Å². The van der Waals surface area contributed by atoms with E-state index in [0.717, 1.165) is 36.1 Å². The highest BCUT2D eigenvalue weighted by Crippen LogP contribution is 2.12. The fraction of sp³-hybridized carbons (Fsp3) is 0.0769. The first-order valence-corrected chi connectivity index (χ1v) is 5.68. The Hall–Kier alpha value is -2.14. The van der Waals surface area contributed by atoms with Crippen LogP contribution in [0.15, 0.2) is 49.1 Å². The highest BCUT2D eigenvalue weighted by Gasteiger charge is 2.02. The van der Waals surface area contributed by atoms with E-state index in [9.17, 15) is 0 Å². The molecule has 1 N–H and O–H groups in total. The fourth-order valence-electron chi connectivity index (χ4n) is 1.95. The summed E-state index contributed by atoms with van der Waals surface area (Å²) < 4.78 is 2.08. The fourth-order valence-corrected chi connectivity index (χ4v) is 1.95. The Bertz CT molecular complexity index is 663. The monoisotopic (exact) mass is 236 g/mol. The van der Waals surface area contributed by atoms with Crippen LogP contribution >= 0.6 is 0 Å². The molecule has 18 heavy (non-hydrogen) atoms. The van der Waals surface area contributed by atoms with Crippen LogP contribution in [0.25, 0.3) is 11.0 Å². The molecule has 0 atom stereocenters. The van der Waals surface area contributed by atoms with Gasteiger partial charge < -0.3 is 9.59 Å². The molecule has 0 saturated carbocycles. The van der Waals surface area contributed by atoms with Crippen molar-refractivity contribution in [1.82, 2.24) is 14.5 Å². The van der Waals surface area contributed by atoms with Crippen molar-refractivity contribution in [2.75, 3.05) is 0 Å². The molecule has 2 aromatic heterocycles. The predicted molar refractivity (Wildman–Crippen MR) is 70.7 cm³/mol. The van der Waals surface area contributed by atoms with Gasteiger partial charge >= 0.3 is 7.48 Å². The Morgan fingerprint density at radius 2 is 2.00 bits per heavy atom. The summed E-state index contributed by atoms with van der Waals surface area (Å²) in [5.41, 5.74) is 3.94. The lowest BCUT2D eigenvalue weighted by Gasteiger charge is -2.05. The van der Waals surface area contributed by atoms with E-state index in [4.69, 9.17) is 5.02 Å². The van der Waals surface area contributed by atoms with Gasteiger partial charge in [-0.2, -0.15) is 0 Å². The Labute approximate surface area is 105 Å². The number of aromatic nitrogens is 3. The standard InChI is InChI=1S/C13H11BN3O/c18-14-11-3-1-10(2-4-11)8-17-9-16-12-7-15-6-5-13(12)17/h1-7,9,18H,8H2. The molecule has 0 amide bonds. The summed E-state index contributed by atoms with van der Waals surface area (Å²) in [6.45, 7) is 0.756. The minimum absolute atomic E-state index is 0.756. The molecular formula is C13H11BN3O. The number of rotatable bonds is 3. The van der Waals surface area contributed by atoms with Gasteiger partial charge in [0.05, 0.1) is 18.0 Å². The van der Waals surface area contributed by atoms with E-state index in [1.54, 1.807) is 12.4 Å². The molecule has 3 aromatic rings. The molecule has 1 aromatic carbocycles.